The summed E-state index contributed by atoms with van der Waals surface area (Å²) in [7, 11) is 4.19. The summed E-state index contributed by atoms with van der Waals surface area (Å²) in [5.74, 6) is 0. The van der Waals surface area contributed by atoms with Crippen LogP contribution in [-0.2, 0) is 18.8 Å². The van der Waals surface area contributed by atoms with Gasteiger partial charge in [0.05, 0.1) is 11.1 Å². The monoisotopic (exact) mass is 226 g/mol. The highest BCUT2D eigenvalue weighted by Crippen LogP contribution is 2.57. The van der Waals surface area contributed by atoms with Gasteiger partial charge in [-0.1, -0.05) is 0 Å². The van der Waals surface area contributed by atoms with Gasteiger partial charge in [-0.2, -0.15) is 9.13 Å². The van der Waals surface area contributed by atoms with Crippen molar-refractivity contribution in [3.8, 4) is 11.4 Å². The van der Waals surface area contributed by atoms with Crippen LogP contribution in [0.25, 0.3) is 11.4 Å². The van der Waals surface area contributed by atoms with Crippen molar-refractivity contribution in [3.63, 3.8) is 0 Å². The predicted molar refractivity (Wildman–Crippen MR) is 60.8 cm³/mol. The summed E-state index contributed by atoms with van der Waals surface area (Å²) in [5.41, 5.74) is 5.19. The first kappa shape index (κ1) is 9.31. The molecule has 3 heteroatoms. The Morgan fingerprint density at radius 1 is 0.882 bits per heavy atom. The molecule has 2 unspecified atom stereocenters. The molecular formula is C14H14N2O+2. The normalized spacial score (nSPS) is 23.6. The standard InChI is InChI=1S/C14H14N2O/c1-15-7-3-5-9-11(15)12-10(14-13(9)17-14)6-4-8-16(12)2/h3-8,13-14H,1-2H3/q+2. The van der Waals surface area contributed by atoms with Crippen molar-refractivity contribution in [3.05, 3.63) is 47.8 Å². The molecule has 1 saturated heterocycles. The highest BCUT2D eigenvalue weighted by Gasteiger charge is 2.53. The van der Waals surface area contributed by atoms with Crippen molar-refractivity contribution in [1.82, 2.24) is 0 Å². The van der Waals surface area contributed by atoms with E-state index in [-0.39, 0.29) is 12.2 Å². The van der Waals surface area contributed by atoms with E-state index in [0.717, 1.165) is 0 Å². The van der Waals surface area contributed by atoms with E-state index in [1.165, 1.54) is 22.5 Å². The minimum Gasteiger partial charge on any atom is -0.359 e. The number of aromatic nitrogens is 2. The van der Waals surface area contributed by atoms with Gasteiger partial charge in [-0.05, 0) is 12.1 Å². The molecule has 0 aromatic carbocycles. The van der Waals surface area contributed by atoms with Crippen LogP contribution in [0.1, 0.15) is 23.3 Å². The Hall–Kier alpha value is -1.74. The fourth-order valence-electron chi connectivity index (χ4n) is 2.92. The van der Waals surface area contributed by atoms with Gasteiger partial charge in [-0.25, -0.2) is 0 Å². The van der Waals surface area contributed by atoms with Crippen molar-refractivity contribution in [1.29, 1.82) is 0 Å². The van der Waals surface area contributed by atoms with Gasteiger partial charge in [0.15, 0.2) is 12.4 Å². The third-order valence-corrected chi connectivity index (χ3v) is 3.75. The maximum atomic E-state index is 5.81. The first-order valence-corrected chi connectivity index (χ1v) is 5.90. The smallest absolute Gasteiger partial charge is 0.283 e. The van der Waals surface area contributed by atoms with Crippen molar-refractivity contribution < 1.29 is 13.9 Å². The van der Waals surface area contributed by atoms with E-state index in [0.29, 0.717) is 0 Å². The Labute approximate surface area is 99.9 Å². The molecule has 3 heterocycles. The molecule has 2 aromatic heterocycles. The lowest BCUT2D eigenvalue weighted by molar-refractivity contribution is -0.691. The molecule has 2 aliphatic rings. The number of rotatable bonds is 0. The third kappa shape index (κ3) is 1.09. The summed E-state index contributed by atoms with van der Waals surface area (Å²) in [5, 5.41) is 0. The van der Waals surface area contributed by atoms with Gasteiger partial charge in [0, 0.05) is 12.1 Å². The van der Waals surface area contributed by atoms with E-state index < -0.39 is 0 Å². The summed E-state index contributed by atoms with van der Waals surface area (Å²) in [6.45, 7) is 0. The topological polar surface area (TPSA) is 20.3 Å². The van der Waals surface area contributed by atoms with Crippen LogP contribution in [0.4, 0.5) is 0 Å². The molecule has 84 valence electrons. The Morgan fingerprint density at radius 2 is 1.35 bits per heavy atom. The van der Waals surface area contributed by atoms with Gasteiger partial charge in [0.25, 0.3) is 11.4 Å². The molecule has 2 atom stereocenters. The third-order valence-electron chi connectivity index (χ3n) is 3.75. The number of hydrogen-bond donors (Lipinski definition) is 0. The lowest BCUT2D eigenvalue weighted by Crippen LogP contribution is -2.41. The summed E-state index contributed by atoms with van der Waals surface area (Å²) in [6, 6.07) is 8.53. The van der Waals surface area contributed by atoms with Crippen molar-refractivity contribution in [2.45, 2.75) is 12.2 Å². The number of hydrogen-bond acceptors (Lipinski definition) is 1. The van der Waals surface area contributed by atoms with E-state index in [4.69, 9.17) is 4.74 Å². The van der Waals surface area contributed by atoms with E-state index in [2.05, 4.69) is 59.9 Å². The Kier molecular flexibility index (Phi) is 1.60. The first-order valence-electron chi connectivity index (χ1n) is 5.90. The van der Waals surface area contributed by atoms with Gasteiger partial charge in [-0.15, -0.1) is 0 Å². The van der Waals surface area contributed by atoms with Crippen molar-refractivity contribution >= 4 is 0 Å². The minimum atomic E-state index is 0.271. The molecule has 3 nitrogen and oxygen atoms in total. The summed E-state index contributed by atoms with van der Waals surface area (Å²) in [4.78, 5) is 0. The molecule has 0 amide bonds. The largest absolute Gasteiger partial charge is 0.359 e. The van der Waals surface area contributed by atoms with E-state index in [1.54, 1.807) is 0 Å². The maximum absolute atomic E-state index is 5.81. The average Bonchev–Trinajstić information content (AvgIpc) is 3.10. The van der Waals surface area contributed by atoms with Gasteiger partial charge in [-0.3, -0.25) is 0 Å². The van der Waals surface area contributed by atoms with E-state index >= 15 is 0 Å². The number of fused-ring (bicyclic) bond motifs is 6. The second kappa shape index (κ2) is 2.93. The van der Waals surface area contributed by atoms with Crippen LogP contribution in [0.3, 0.4) is 0 Å². The molecule has 0 radical (unpaired) electrons. The number of ether oxygens (including phenoxy) is 1. The fraction of sp³-hybridized carbons (Fsp3) is 0.286. The number of epoxide rings is 1. The van der Waals surface area contributed by atoms with Crippen molar-refractivity contribution in [2.24, 2.45) is 14.1 Å². The van der Waals surface area contributed by atoms with Crippen LogP contribution >= 0.6 is 0 Å². The van der Waals surface area contributed by atoms with Crippen LogP contribution in [0.5, 0.6) is 0 Å². The molecule has 0 saturated carbocycles. The van der Waals surface area contributed by atoms with Gasteiger partial charge in [0.1, 0.15) is 26.3 Å². The SMILES string of the molecule is C[n+]1cccc2c1-c1c(ccc[n+]1C)C1OC21. The second-order valence-electron chi connectivity index (χ2n) is 4.82. The Balaban J connectivity index is 2.14. The highest BCUT2D eigenvalue weighted by atomic mass is 16.6. The second-order valence-corrected chi connectivity index (χ2v) is 4.82. The molecule has 0 N–H and O–H groups in total. The zero-order chi connectivity index (χ0) is 11.6. The predicted octanol–water partition coefficient (Wildman–Crippen LogP) is 1.13. The summed E-state index contributed by atoms with van der Waals surface area (Å²) >= 11 is 0. The number of pyridine rings is 2. The minimum absolute atomic E-state index is 0.271. The molecule has 0 bridgehead atoms. The molecule has 0 spiro atoms. The molecule has 17 heavy (non-hydrogen) atoms. The van der Waals surface area contributed by atoms with Gasteiger partial charge >= 0.3 is 0 Å². The molecular weight excluding hydrogens is 212 g/mol. The van der Waals surface area contributed by atoms with E-state index in [9.17, 15) is 0 Å². The first-order chi connectivity index (χ1) is 8.27. The van der Waals surface area contributed by atoms with Crippen molar-refractivity contribution in [2.75, 3.05) is 0 Å². The van der Waals surface area contributed by atoms with Crippen LogP contribution in [0.2, 0.25) is 0 Å². The maximum Gasteiger partial charge on any atom is 0.283 e. The molecule has 2 aromatic rings. The lowest BCUT2D eigenvalue weighted by atomic mass is 9.92. The molecule has 1 aliphatic heterocycles. The average molecular weight is 226 g/mol. The highest BCUT2D eigenvalue weighted by molar-refractivity contribution is 5.63. The van der Waals surface area contributed by atoms with Crippen LogP contribution in [0, 0.1) is 0 Å². The molecule has 4 rings (SSSR count). The molecule has 1 fully saturated rings. The Morgan fingerprint density at radius 3 is 1.82 bits per heavy atom. The lowest BCUT2D eigenvalue weighted by Gasteiger charge is -2.10. The quantitative estimate of drug-likeness (QED) is 0.487. The van der Waals surface area contributed by atoms with E-state index in [1.807, 2.05) is 0 Å². The van der Waals surface area contributed by atoms with Gasteiger partial charge < -0.3 is 4.74 Å². The summed E-state index contributed by atoms with van der Waals surface area (Å²) < 4.78 is 10.2. The number of aryl methyl sites for hydroxylation is 2. The molecule has 1 aliphatic carbocycles. The van der Waals surface area contributed by atoms with Crippen LogP contribution in [-0.4, -0.2) is 0 Å². The Bertz CT molecular complexity index is 581. The zero-order valence-electron chi connectivity index (χ0n) is 9.92. The van der Waals surface area contributed by atoms with Gasteiger partial charge in [0.2, 0.25) is 0 Å². The van der Waals surface area contributed by atoms with Crippen LogP contribution in [0.15, 0.2) is 36.7 Å². The number of nitrogens with zero attached hydrogens (tertiary/aromatic N) is 2. The zero-order valence-corrected chi connectivity index (χ0v) is 9.92. The fourth-order valence-corrected chi connectivity index (χ4v) is 2.92. The van der Waals surface area contributed by atoms with Crippen LogP contribution < -0.4 is 9.13 Å². The summed E-state index contributed by atoms with van der Waals surface area (Å²) in [6.07, 6.45) is 4.73.